The van der Waals surface area contributed by atoms with Crippen LogP contribution in [0.4, 0.5) is 11.4 Å². The first-order chi connectivity index (χ1) is 15.3. The number of carbonyl (C=O) groups is 3. The highest BCUT2D eigenvalue weighted by atomic mass is 16.5. The summed E-state index contributed by atoms with van der Waals surface area (Å²) in [6.45, 7) is 1.33. The van der Waals surface area contributed by atoms with Crippen LogP contribution >= 0.6 is 0 Å². The molecule has 9 heteroatoms. The molecule has 4 N–H and O–H groups in total. The van der Waals surface area contributed by atoms with Gasteiger partial charge in [0.05, 0.1) is 6.61 Å². The molecule has 1 aliphatic heterocycles. The first-order valence-corrected chi connectivity index (χ1v) is 10.3. The van der Waals surface area contributed by atoms with Gasteiger partial charge < -0.3 is 30.7 Å². The molecule has 1 heterocycles. The van der Waals surface area contributed by atoms with Crippen molar-refractivity contribution in [1.29, 1.82) is 0 Å². The van der Waals surface area contributed by atoms with Gasteiger partial charge in [0.25, 0.3) is 11.8 Å². The van der Waals surface area contributed by atoms with Crippen LogP contribution in [-0.4, -0.2) is 67.6 Å². The number of amides is 2. The molecular formula is C23H28N4O5. The topological polar surface area (TPSA) is 125 Å². The second-order valence-electron chi connectivity index (χ2n) is 7.86. The Bertz CT molecular complexity index is 977. The number of ether oxygens (including phenoxy) is 1. The van der Waals surface area contributed by atoms with Crippen LogP contribution in [0.25, 0.3) is 0 Å². The summed E-state index contributed by atoms with van der Waals surface area (Å²) < 4.78 is 5.46. The Labute approximate surface area is 186 Å². The van der Waals surface area contributed by atoms with Crippen molar-refractivity contribution in [3.05, 3.63) is 59.2 Å². The Kier molecular flexibility index (Phi) is 7.70. The molecule has 2 aromatic carbocycles. The SMILES string of the molecule is CN(C)Cc1cc(N2CCOC(C(O)C(=O)Nc3ccc(CN)cc3)C2=O)ccc1C=O. The number of morpholine rings is 1. The normalized spacial score (nSPS) is 17.3. The smallest absolute Gasteiger partial charge is 0.259 e. The lowest BCUT2D eigenvalue weighted by Crippen LogP contribution is -2.55. The minimum Gasteiger partial charge on any atom is -0.380 e. The van der Waals surface area contributed by atoms with Crippen LogP contribution < -0.4 is 16.0 Å². The molecule has 2 aromatic rings. The van der Waals surface area contributed by atoms with Crippen LogP contribution in [0.5, 0.6) is 0 Å². The maximum atomic E-state index is 13.1. The molecule has 0 spiro atoms. The number of aldehydes is 1. The van der Waals surface area contributed by atoms with Crippen LogP contribution in [0.2, 0.25) is 0 Å². The molecule has 3 rings (SSSR count). The fraction of sp³-hybridized carbons (Fsp3) is 0.348. The summed E-state index contributed by atoms with van der Waals surface area (Å²) in [5, 5.41) is 13.1. The van der Waals surface area contributed by atoms with Gasteiger partial charge in [-0.3, -0.25) is 14.4 Å². The third kappa shape index (κ3) is 5.38. The molecule has 1 saturated heterocycles. The van der Waals surface area contributed by atoms with E-state index in [1.54, 1.807) is 42.5 Å². The largest absolute Gasteiger partial charge is 0.380 e. The maximum Gasteiger partial charge on any atom is 0.259 e. The highest BCUT2D eigenvalue weighted by Crippen LogP contribution is 2.24. The van der Waals surface area contributed by atoms with Crippen LogP contribution in [0, 0.1) is 0 Å². The van der Waals surface area contributed by atoms with Gasteiger partial charge in [0.15, 0.2) is 12.2 Å². The average molecular weight is 441 g/mol. The lowest BCUT2D eigenvalue weighted by Gasteiger charge is -2.34. The van der Waals surface area contributed by atoms with Crippen LogP contribution in [0.3, 0.4) is 0 Å². The summed E-state index contributed by atoms with van der Waals surface area (Å²) in [7, 11) is 3.77. The van der Waals surface area contributed by atoms with Gasteiger partial charge in [0.1, 0.15) is 6.29 Å². The van der Waals surface area contributed by atoms with E-state index in [-0.39, 0.29) is 13.2 Å². The van der Waals surface area contributed by atoms with Gasteiger partial charge in [-0.1, -0.05) is 12.1 Å². The molecule has 0 aromatic heterocycles. The van der Waals surface area contributed by atoms with Gasteiger partial charge in [-0.25, -0.2) is 0 Å². The summed E-state index contributed by atoms with van der Waals surface area (Å²) in [6.07, 6.45) is -2.24. The van der Waals surface area contributed by atoms with Gasteiger partial charge in [0.2, 0.25) is 0 Å². The second-order valence-corrected chi connectivity index (χ2v) is 7.86. The van der Waals surface area contributed by atoms with Crippen LogP contribution in [0.1, 0.15) is 21.5 Å². The fourth-order valence-electron chi connectivity index (χ4n) is 3.52. The molecule has 170 valence electrons. The molecule has 1 fully saturated rings. The maximum absolute atomic E-state index is 13.1. The van der Waals surface area contributed by atoms with Crippen molar-refractivity contribution in [2.45, 2.75) is 25.3 Å². The van der Waals surface area contributed by atoms with E-state index in [0.717, 1.165) is 17.4 Å². The zero-order valence-electron chi connectivity index (χ0n) is 18.2. The zero-order chi connectivity index (χ0) is 23.3. The number of rotatable bonds is 8. The molecule has 0 bridgehead atoms. The number of benzene rings is 2. The van der Waals surface area contributed by atoms with Crippen molar-refractivity contribution >= 4 is 29.5 Å². The Balaban J connectivity index is 1.75. The minimum absolute atomic E-state index is 0.157. The first kappa shape index (κ1) is 23.6. The first-order valence-electron chi connectivity index (χ1n) is 10.3. The third-order valence-electron chi connectivity index (χ3n) is 5.19. The number of hydrogen-bond donors (Lipinski definition) is 3. The fourth-order valence-corrected chi connectivity index (χ4v) is 3.52. The van der Waals surface area contributed by atoms with Gasteiger partial charge in [-0.05, 0) is 55.6 Å². The lowest BCUT2D eigenvalue weighted by molar-refractivity contribution is -0.150. The molecule has 1 aliphatic rings. The highest BCUT2D eigenvalue weighted by molar-refractivity contribution is 6.04. The Morgan fingerprint density at radius 1 is 1.31 bits per heavy atom. The van der Waals surface area contributed by atoms with Crippen molar-refractivity contribution in [3.63, 3.8) is 0 Å². The van der Waals surface area contributed by atoms with E-state index in [0.29, 0.717) is 30.0 Å². The summed E-state index contributed by atoms with van der Waals surface area (Å²) in [5.74, 6) is -1.26. The minimum atomic E-state index is -1.69. The zero-order valence-corrected chi connectivity index (χ0v) is 18.2. The predicted octanol–water partition coefficient (Wildman–Crippen LogP) is 0.751. The molecule has 2 atom stereocenters. The summed E-state index contributed by atoms with van der Waals surface area (Å²) in [6, 6.07) is 12.0. The van der Waals surface area contributed by atoms with Crippen LogP contribution in [-0.2, 0) is 27.4 Å². The predicted molar refractivity (Wildman–Crippen MR) is 120 cm³/mol. The highest BCUT2D eigenvalue weighted by Gasteiger charge is 2.39. The standard InChI is InChI=1S/C23H28N4O5/c1-26(2)13-17-11-19(8-5-16(17)14-28)27-9-10-32-21(23(27)31)20(29)22(30)25-18-6-3-15(12-24)4-7-18/h3-8,11,14,20-21,29H,9-10,12-13,24H2,1-2H3,(H,25,30). The van der Waals surface area contributed by atoms with Crippen molar-refractivity contribution in [1.82, 2.24) is 4.90 Å². The van der Waals surface area contributed by atoms with Crippen molar-refractivity contribution in [3.8, 4) is 0 Å². The van der Waals surface area contributed by atoms with Crippen molar-refractivity contribution in [2.24, 2.45) is 5.73 Å². The van der Waals surface area contributed by atoms with E-state index in [1.165, 1.54) is 4.90 Å². The van der Waals surface area contributed by atoms with E-state index >= 15 is 0 Å². The Morgan fingerprint density at radius 2 is 2.03 bits per heavy atom. The number of nitrogens with one attached hydrogen (secondary N) is 1. The quantitative estimate of drug-likeness (QED) is 0.517. The van der Waals surface area contributed by atoms with E-state index < -0.39 is 24.0 Å². The molecule has 0 saturated carbocycles. The van der Waals surface area contributed by atoms with Crippen molar-refractivity contribution < 1.29 is 24.2 Å². The van der Waals surface area contributed by atoms with E-state index in [4.69, 9.17) is 10.5 Å². The Hall–Kier alpha value is -3.11. The molecule has 2 unspecified atom stereocenters. The number of aliphatic hydroxyl groups is 1. The van der Waals surface area contributed by atoms with Gasteiger partial charge in [0, 0.05) is 36.6 Å². The van der Waals surface area contributed by atoms with E-state index in [9.17, 15) is 19.5 Å². The van der Waals surface area contributed by atoms with Gasteiger partial charge in [-0.15, -0.1) is 0 Å². The molecule has 0 aliphatic carbocycles. The number of nitrogens with zero attached hydrogens (tertiary/aromatic N) is 2. The number of anilines is 2. The van der Waals surface area contributed by atoms with Crippen molar-refractivity contribution in [2.75, 3.05) is 37.5 Å². The molecule has 0 radical (unpaired) electrons. The number of hydrogen-bond acceptors (Lipinski definition) is 7. The number of nitrogens with two attached hydrogens (primary N) is 1. The summed E-state index contributed by atoms with van der Waals surface area (Å²) in [4.78, 5) is 40.3. The molecule has 32 heavy (non-hydrogen) atoms. The molecular weight excluding hydrogens is 412 g/mol. The Morgan fingerprint density at radius 3 is 2.66 bits per heavy atom. The van der Waals surface area contributed by atoms with Gasteiger partial charge in [-0.2, -0.15) is 0 Å². The second kappa shape index (κ2) is 10.5. The number of carbonyl (C=O) groups excluding carboxylic acids is 3. The average Bonchev–Trinajstić information content (AvgIpc) is 2.79. The monoisotopic (exact) mass is 440 g/mol. The number of aliphatic hydroxyl groups excluding tert-OH is 1. The van der Waals surface area contributed by atoms with E-state index in [2.05, 4.69) is 5.32 Å². The lowest BCUT2D eigenvalue weighted by atomic mass is 10.0. The van der Waals surface area contributed by atoms with Crippen LogP contribution in [0.15, 0.2) is 42.5 Å². The molecule has 9 nitrogen and oxygen atoms in total. The summed E-state index contributed by atoms with van der Waals surface area (Å²) in [5.41, 5.74) is 8.84. The van der Waals surface area contributed by atoms with E-state index in [1.807, 2.05) is 19.0 Å². The summed E-state index contributed by atoms with van der Waals surface area (Å²) >= 11 is 0. The third-order valence-corrected chi connectivity index (χ3v) is 5.19. The van der Waals surface area contributed by atoms with Gasteiger partial charge >= 0.3 is 0 Å². The molecule has 2 amide bonds.